The summed E-state index contributed by atoms with van der Waals surface area (Å²) in [5, 5.41) is 0. The Morgan fingerprint density at radius 3 is 1.50 bits per heavy atom. The van der Waals surface area contributed by atoms with E-state index in [0.29, 0.717) is 0 Å². The molecular formula is C20H41. The summed E-state index contributed by atoms with van der Waals surface area (Å²) in [7, 11) is 0. The molecule has 0 rings (SSSR count). The first-order valence-electron chi connectivity index (χ1n) is 9.62. The van der Waals surface area contributed by atoms with E-state index >= 15 is 0 Å². The van der Waals surface area contributed by atoms with Crippen LogP contribution in [0.1, 0.15) is 117 Å². The highest BCUT2D eigenvalue weighted by Gasteiger charge is 2.04. The van der Waals surface area contributed by atoms with Crippen LogP contribution in [-0.2, 0) is 0 Å². The number of hydrogen-bond acceptors (Lipinski definition) is 0. The molecule has 0 saturated heterocycles. The average Bonchev–Trinajstić information content (AvgIpc) is 2.47. The van der Waals surface area contributed by atoms with Gasteiger partial charge < -0.3 is 0 Å². The van der Waals surface area contributed by atoms with Gasteiger partial charge in [0, 0.05) is 0 Å². The van der Waals surface area contributed by atoms with Gasteiger partial charge in [-0.1, -0.05) is 111 Å². The van der Waals surface area contributed by atoms with Crippen LogP contribution in [0, 0.1) is 12.3 Å². The summed E-state index contributed by atoms with van der Waals surface area (Å²) in [6, 6.07) is 0. The maximum absolute atomic E-state index is 2.34. The third-order valence-electron chi connectivity index (χ3n) is 4.61. The average molecular weight is 282 g/mol. The van der Waals surface area contributed by atoms with Crippen LogP contribution < -0.4 is 0 Å². The maximum atomic E-state index is 2.34. The molecule has 0 aliphatic heterocycles. The van der Waals surface area contributed by atoms with E-state index in [2.05, 4.69) is 27.2 Å². The topological polar surface area (TPSA) is 0 Å². The minimum absolute atomic E-state index is 0.961. The summed E-state index contributed by atoms with van der Waals surface area (Å²) in [6.45, 7) is 6.84. The van der Waals surface area contributed by atoms with Crippen LogP contribution in [0.3, 0.4) is 0 Å². The summed E-state index contributed by atoms with van der Waals surface area (Å²) in [5.74, 6) is 0.961. The lowest BCUT2D eigenvalue weighted by Crippen LogP contribution is -1.98. The van der Waals surface area contributed by atoms with Gasteiger partial charge in [-0.2, -0.15) is 0 Å². The van der Waals surface area contributed by atoms with Crippen molar-refractivity contribution in [3.63, 3.8) is 0 Å². The van der Waals surface area contributed by atoms with Crippen molar-refractivity contribution in [2.75, 3.05) is 0 Å². The minimum atomic E-state index is 0.961. The summed E-state index contributed by atoms with van der Waals surface area (Å²) < 4.78 is 0. The van der Waals surface area contributed by atoms with Crippen LogP contribution in [0.5, 0.6) is 0 Å². The van der Waals surface area contributed by atoms with Crippen LogP contribution in [0.15, 0.2) is 0 Å². The molecule has 0 saturated carbocycles. The molecule has 0 aliphatic carbocycles. The standard InChI is InChI=1S/C20H41/c1-4-7-8-9-10-11-12-13-14-15-16-17-19-20(6-3)18-5-2/h5,20H,4,6-19H2,1-3H3. The van der Waals surface area contributed by atoms with Gasteiger partial charge in [0.15, 0.2) is 0 Å². The van der Waals surface area contributed by atoms with E-state index in [4.69, 9.17) is 0 Å². The SMILES string of the molecule is C[CH]CC(CC)CCCCCCCCCCCCCC. The van der Waals surface area contributed by atoms with Crippen molar-refractivity contribution in [2.24, 2.45) is 5.92 Å². The summed E-state index contributed by atoms with van der Waals surface area (Å²) >= 11 is 0. The molecular weight excluding hydrogens is 240 g/mol. The van der Waals surface area contributed by atoms with Gasteiger partial charge in [0.25, 0.3) is 0 Å². The zero-order valence-corrected chi connectivity index (χ0v) is 14.8. The Labute approximate surface area is 130 Å². The second kappa shape index (κ2) is 17.1. The Morgan fingerprint density at radius 1 is 0.650 bits per heavy atom. The predicted molar refractivity (Wildman–Crippen MR) is 94.1 cm³/mol. The summed E-state index contributed by atoms with van der Waals surface area (Å²) in [5.41, 5.74) is 0. The molecule has 121 valence electrons. The van der Waals surface area contributed by atoms with Crippen LogP contribution in [0.4, 0.5) is 0 Å². The summed E-state index contributed by atoms with van der Waals surface area (Å²) in [6.07, 6.45) is 24.0. The van der Waals surface area contributed by atoms with Gasteiger partial charge in [-0.15, -0.1) is 0 Å². The number of unbranched alkanes of at least 4 members (excludes halogenated alkanes) is 11. The summed E-state index contributed by atoms with van der Waals surface area (Å²) in [4.78, 5) is 0. The monoisotopic (exact) mass is 281 g/mol. The van der Waals surface area contributed by atoms with E-state index in [-0.39, 0.29) is 0 Å². The third-order valence-corrected chi connectivity index (χ3v) is 4.61. The molecule has 0 aromatic heterocycles. The first kappa shape index (κ1) is 20.0. The molecule has 0 N–H and O–H groups in total. The van der Waals surface area contributed by atoms with Crippen molar-refractivity contribution in [1.29, 1.82) is 0 Å². The van der Waals surface area contributed by atoms with Crippen molar-refractivity contribution < 1.29 is 0 Å². The lowest BCUT2D eigenvalue weighted by molar-refractivity contribution is 0.432. The fourth-order valence-corrected chi connectivity index (χ4v) is 3.10. The Morgan fingerprint density at radius 2 is 1.10 bits per heavy atom. The fourth-order valence-electron chi connectivity index (χ4n) is 3.10. The fraction of sp³-hybridized carbons (Fsp3) is 0.950. The van der Waals surface area contributed by atoms with Gasteiger partial charge >= 0.3 is 0 Å². The molecule has 20 heavy (non-hydrogen) atoms. The molecule has 0 amide bonds. The van der Waals surface area contributed by atoms with Crippen LogP contribution in [0.25, 0.3) is 0 Å². The first-order chi connectivity index (χ1) is 9.85. The molecule has 0 aromatic carbocycles. The normalized spacial score (nSPS) is 12.8. The quantitative estimate of drug-likeness (QED) is 0.254. The largest absolute Gasteiger partial charge is 0.0654 e. The van der Waals surface area contributed by atoms with Crippen LogP contribution in [-0.4, -0.2) is 0 Å². The Balaban J connectivity index is 3.09. The smallest absolute Gasteiger partial charge is 0.0414 e. The zero-order valence-electron chi connectivity index (χ0n) is 14.8. The Hall–Kier alpha value is 0. The Bertz CT molecular complexity index is 161. The predicted octanol–water partition coefficient (Wildman–Crippen LogP) is 7.72. The third kappa shape index (κ3) is 14.4. The highest BCUT2D eigenvalue weighted by atomic mass is 14.1. The molecule has 0 spiro atoms. The van der Waals surface area contributed by atoms with Gasteiger partial charge in [-0.25, -0.2) is 0 Å². The Kier molecular flexibility index (Phi) is 17.1. The van der Waals surface area contributed by atoms with E-state index in [1.165, 1.54) is 96.3 Å². The highest BCUT2D eigenvalue weighted by molar-refractivity contribution is 4.65. The van der Waals surface area contributed by atoms with Crippen LogP contribution >= 0.6 is 0 Å². The van der Waals surface area contributed by atoms with E-state index < -0.39 is 0 Å². The molecule has 0 aliphatic rings. The molecule has 0 heterocycles. The second-order valence-corrected chi connectivity index (χ2v) is 6.60. The molecule has 1 unspecified atom stereocenters. The second-order valence-electron chi connectivity index (χ2n) is 6.60. The van der Waals surface area contributed by atoms with E-state index in [1.54, 1.807) is 0 Å². The highest BCUT2D eigenvalue weighted by Crippen LogP contribution is 2.19. The number of hydrogen-bond donors (Lipinski definition) is 0. The lowest BCUT2D eigenvalue weighted by Gasteiger charge is -2.12. The molecule has 0 nitrogen and oxygen atoms in total. The van der Waals surface area contributed by atoms with E-state index in [9.17, 15) is 0 Å². The molecule has 1 radical (unpaired) electrons. The van der Waals surface area contributed by atoms with Crippen molar-refractivity contribution in [3.05, 3.63) is 6.42 Å². The molecule has 0 bridgehead atoms. The molecule has 0 heteroatoms. The van der Waals surface area contributed by atoms with Crippen molar-refractivity contribution >= 4 is 0 Å². The first-order valence-corrected chi connectivity index (χ1v) is 9.62. The van der Waals surface area contributed by atoms with Gasteiger partial charge in [0.2, 0.25) is 0 Å². The molecule has 0 fully saturated rings. The van der Waals surface area contributed by atoms with Crippen molar-refractivity contribution in [1.82, 2.24) is 0 Å². The number of rotatable bonds is 16. The van der Waals surface area contributed by atoms with E-state index in [1.807, 2.05) is 0 Å². The lowest BCUT2D eigenvalue weighted by atomic mass is 9.94. The van der Waals surface area contributed by atoms with Crippen molar-refractivity contribution in [3.8, 4) is 0 Å². The van der Waals surface area contributed by atoms with E-state index in [0.717, 1.165) is 5.92 Å². The zero-order chi connectivity index (χ0) is 14.9. The molecule has 1 atom stereocenters. The van der Waals surface area contributed by atoms with Gasteiger partial charge in [0.05, 0.1) is 0 Å². The van der Waals surface area contributed by atoms with Crippen LogP contribution in [0.2, 0.25) is 0 Å². The minimum Gasteiger partial charge on any atom is -0.0654 e. The molecule has 0 aromatic rings. The maximum Gasteiger partial charge on any atom is -0.0414 e. The van der Waals surface area contributed by atoms with Crippen molar-refractivity contribution in [2.45, 2.75) is 117 Å². The van der Waals surface area contributed by atoms with Gasteiger partial charge in [0.1, 0.15) is 0 Å². The van der Waals surface area contributed by atoms with Gasteiger partial charge in [-0.3, -0.25) is 0 Å². The van der Waals surface area contributed by atoms with Gasteiger partial charge in [-0.05, 0) is 18.8 Å².